The molecule has 25 heavy (non-hydrogen) atoms. The normalized spacial score (nSPS) is 10.3. The maximum atomic E-state index is 5.85. The van der Waals surface area contributed by atoms with E-state index in [9.17, 15) is 0 Å². The molecule has 0 aliphatic heterocycles. The molecule has 0 bridgehead atoms. The summed E-state index contributed by atoms with van der Waals surface area (Å²) < 4.78 is 17.1. The van der Waals surface area contributed by atoms with Gasteiger partial charge in [0.05, 0.1) is 13.7 Å². The highest BCUT2D eigenvalue weighted by Gasteiger charge is 2.06. The van der Waals surface area contributed by atoms with Crippen molar-refractivity contribution in [3.8, 4) is 17.2 Å². The Morgan fingerprint density at radius 2 is 1.64 bits per heavy atom. The number of benzene rings is 3. The average molecular weight is 333 g/mol. The Morgan fingerprint density at radius 3 is 2.40 bits per heavy atom. The standard InChI is InChI=1S/C22H21O3/c1-23-22-16-21(25-17-18-8-4-2-5-9-18)13-12-19(22)14-15-24-20-10-6-3-7-11-20/h2,4-13,16H,14-15,17H2,1H3. The van der Waals surface area contributed by atoms with Crippen molar-refractivity contribution in [1.29, 1.82) is 0 Å². The molecular formula is C22H21O3. The third kappa shape index (κ3) is 5.01. The summed E-state index contributed by atoms with van der Waals surface area (Å²) in [6, 6.07) is 26.5. The molecule has 3 aromatic rings. The first-order valence-corrected chi connectivity index (χ1v) is 8.28. The summed E-state index contributed by atoms with van der Waals surface area (Å²) in [7, 11) is 1.67. The fraction of sp³-hybridized carbons (Fsp3) is 0.182. The average Bonchev–Trinajstić information content (AvgIpc) is 2.68. The molecule has 0 heterocycles. The predicted molar refractivity (Wildman–Crippen MR) is 98.2 cm³/mol. The van der Waals surface area contributed by atoms with Crippen molar-refractivity contribution >= 4 is 0 Å². The van der Waals surface area contributed by atoms with E-state index in [-0.39, 0.29) is 0 Å². The van der Waals surface area contributed by atoms with Gasteiger partial charge in [-0.05, 0) is 35.4 Å². The van der Waals surface area contributed by atoms with Crippen LogP contribution in [0.4, 0.5) is 0 Å². The van der Waals surface area contributed by atoms with Gasteiger partial charge in [-0.25, -0.2) is 0 Å². The summed E-state index contributed by atoms with van der Waals surface area (Å²) in [4.78, 5) is 0. The van der Waals surface area contributed by atoms with Crippen LogP contribution in [0.3, 0.4) is 0 Å². The van der Waals surface area contributed by atoms with Crippen LogP contribution in [0.25, 0.3) is 0 Å². The molecule has 0 atom stereocenters. The van der Waals surface area contributed by atoms with Gasteiger partial charge in [0, 0.05) is 12.5 Å². The van der Waals surface area contributed by atoms with Crippen LogP contribution >= 0.6 is 0 Å². The Morgan fingerprint density at radius 1 is 0.840 bits per heavy atom. The van der Waals surface area contributed by atoms with Crippen molar-refractivity contribution in [1.82, 2.24) is 0 Å². The maximum Gasteiger partial charge on any atom is 0.125 e. The Hall–Kier alpha value is -2.94. The SMILES string of the molecule is COc1cc(OCc2ccccc2)ccc1CCOc1cc[c]cc1. The number of hydrogen-bond donors (Lipinski definition) is 0. The number of hydrogen-bond acceptors (Lipinski definition) is 3. The summed E-state index contributed by atoms with van der Waals surface area (Å²) in [5.74, 6) is 2.46. The molecule has 3 heteroatoms. The lowest BCUT2D eigenvalue weighted by Gasteiger charge is -2.12. The van der Waals surface area contributed by atoms with Gasteiger partial charge in [-0.2, -0.15) is 0 Å². The minimum Gasteiger partial charge on any atom is -0.496 e. The van der Waals surface area contributed by atoms with Crippen molar-refractivity contribution < 1.29 is 14.2 Å². The summed E-state index contributed by atoms with van der Waals surface area (Å²) in [6.07, 6.45) is 0.765. The monoisotopic (exact) mass is 333 g/mol. The highest BCUT2D eigenvalue weighted by molar-refractivity contribution is 5.41. The second-order valence-electron chi connectivity index (χ2n) is 5.58. The van der Waals surface area contributed by atoms with Crippen LogP contribution < -0.4 is 14.2 Å². The zero-order valence-corrected chi connectivity index (χ0v) is 14.3. The van der Waals surface area contributed by atoms with Gasteiger partial charge in [0.2, 0.25) is 0 Å². The first-order chi connectivity index (χ1) is 12.3. The largest absolute Gasteiger partial charge is 0.496 e. The van der Waals surface area contributed by atoms with Crippen LogP contribution in [-0.2, 0) is 13.0 Å². The topological polar surface area (TPSA) is 27.7 Å². The molecular weight excluding hydrogens is 312 g/mol. The van der Waals surface area contributed by atoms with Crippen molar-refractivity contribution in [2.75, 3.05) is 13.7 Å². The van der Waals surface area contributed by atoms with Crippen molar-refractivity contribution in [2.24, 2.45) is 0 Å². The summed E-state index contributed by atoms with van der Waals surface area (Å²) in [5.41, 5.74) is 2.23. The van der Waals surface area contributed by atoms with Gasteiger partial charge in [0.1, 0.15) is 23.9 Å². The van der Waals surface area contributed by atoms with Gasteiger partial charge in [0.15, 0.2) is 0 Å². The molecule has 1 radical (unpaired) electrons. The van der Waals surface area contributed by atoms with E-state index < -0.39 is 0 Å². The van der Waals surface area contributed by atoms with Gasteiger partial charge in [-0.3, -0.25) is 0 Å². The Kier molecular flexibility index (Phi) is 5.94. The molecule has 3 nitrogen and oxygen atoms in total. The molecule has 0 amide bonds. The maximum absolute atomic E-state index is 5.85. The highest BCUT2D eigenvalue weighted by Crippen LogP contribution is 2.26. The highest BCUT2D eigenvalue weighted by atomic mass is 16.5. The molecule has 0 aromatic heterocycles. The molecule has 0 saturated carbocycles. The number of ether oxygens (including phenoxy) is 3. The van der Waals surface area contributed by atoms with E-state index in [4.69, 9.17) is 14.2 Å². The fourth-order valence-corrected chi connectivity index (χ4v) is 2.51. The van der Waals surface area contributed by atoms with Crippen LogP contribution in [0.15, 0.2) is 72.8 Å². The molecule has 0 fully saturated rings. The minimum atomic E-state index is 0.539. The van der Waals surface area contributed by atoms with E-state index in [2.05, 4.69) is 6.07 Å². The van der Waals surface area contributed by atoms with Crippen LogP contribution in [0.1, 0.15) is 11.1 Å². The summed E-state index contributed by atoms with van der Waals surface area (Å²) in [5, 5.41) is 0. The zero-order valence-electron chi connectivity index (χ0n) is 14.3. The quantitative estimate of drug-likeness (QED) is 0.598. The van der Waals surface area contributed by atoms with Gasteiger partial charge in [-0.15, -0.1) is 0 Å². The first-order valence-electron chi connectivity index (χ1n) is 8.28. The van der Waals surface area contributed by atoms with E-state index in [0.29, 0.717) is 13.2 Å². The third-order valence-corrected chi connectivity index (χ3v) is 3.83. The van der Waals surface area contributed by atoms with Gasteiger partial charge < -0.3 is 14.2 Å². The lowest BCUT2D eigenvalue weighted by atomic mass is 10.1. The van der Waals surface area contributed by atoms with Crippen LogP contribution in [0.5, 0.6) is 17.2 Å². The van der Waals surface area contributed by atoms with Gasteiger partial charge >= 0.3 is 0 Å². The van der Waals surface area contributed by atoms with Crippen molar-refractivity contribution in [3.05, 3.63) is 90.0 Å². The lowest BCUT2D eigenvalue weighted by molar-refractivity contribution is 0.301. The Bertz CT molecular complexity index is 770. The van der Waals surface area contributed by atoms with Gasteiger partial charge in [0.25, 0.3) is 0 Å². The van der Waals surface area contributed by atoms with E-state index in [0.717, 1.165) is 34.8 Å². The molecule has 0 spiro atoms. The van der Waals surface area contributed by atoms with Crippen molar-refractivity contribution in [3.63, 3.8) is 0 Å². The minimum absolute atomic E-state index is 0.539. The predicted octanol–water partition coefficient (Wildman–Crippen LogP) is 4.70. The van der Waals surface area contributed by atoms with E-state index in [1.165, 1.54) is 0 Å². The summed E-state index contributed by atoms with van der Waals surface area (Å²) in [6.45, 7) is 1.13. The van der Waals surface area contributed by atoms with Crippen LogP contribution in [0.2, 0.25) is 0 Å². The number of methoxy groups -OCH3 is 1. The molecule has 0 unspecified atom stereocenters. The molecule has 3 aromatic carbocycles. The molecule has 0 N–H and O–H groups in total. The Labute approximate surface area is 148 Å². The van der Waals surface area contributed by atoms with Crippen LogP contribution in [-0.4, -0.2) is 13.7 Å². The first kappa shape index (κ1) is 16.9. The van der Waals surface area contributed by atoms with Crippen molar-refractivity contribution in [2.45, 2.75) is 13.0 Å². The van der Waals surface area contributed by atoms with E-state index in [1.807, 2.05) is 72.8 Å². The molecule has 3 rings (SSSR count). The van der Waals surface area contributed by atoms with E-state index in [1.54, 1.807) is 7.11 Å². The van der Waals surface area contributed by atoms with Crippen LogP contribution in [0, 0.1) is 6.07 Å². The van der Waals surface area contributed by atoms with E-state index >= 15 is 0 Å². The second-order valence-corrected chi connectivity index (χ2v) is 5.58. The lowest BCUT2D eigenvalue weighted by Crippen LogP contribution is -2.03. The van der Waals surface area contributed by atoms with Gasteiger partial charge in [-0.1, -0.05) is 48.5 Å². The molecule has 0 saturated heterocycles. The number of rotatable bonds is 8. The summed E-state index contributed by atoms with van der Waals surface area (Å²) >= 11 is 0. The fourth-order valence-electron chi connectivity index (χ4n) is 2.51. The molecule has 0 aliphatic rings. The zero-order chi connectivity index (χ0) is 17.3. The smallest absolute Gasteiger partial charge is 0.125 e. The second kappa shape index (κ2) is 8.78. The molecule has 0 aliphatic carbocycles. The molecule has 127 valence electrons. The third-order valence-electron chi connectivity index (χ3n) is 3.83. The Balaban J connectivity index is 1.57.